The lowest BCUT2D eigenvalue weighted by molar-refractivity contribution is 0.589. The van der Waals surface area contributed by atoms with E-state index in [-0.39, 0.29) is 5.41 Å². The summed E-state index contributed by atoms with van der Waals surface area (Å²) >= 11 is 0. The lowest BCUT2D eigenvalue weighted by Gasteiger charge is -2.32. The monoisotopic (exact) mass is 548 g/mol. The zero-order chi connectivity index (χ0) is 28.4. The number of hydrogen-bond acceptors (Lipinski definition) is 2. The lowest BCUT2D eigenvalue weighted by Crippen LogP contribution is -2.33. The predicted octanol–water partition coefficient (Wildman–Crippen LogP) is 8.55. The molecular formula is C36H32N6. The van der Waals surface area contributed by atoms with Crippen LogP contribution in [0.4, 0.5) is 11.4 Å². The highest BCUT2D eigenvalue weighted by atomic mass is 15.8. The first-order valence-electron chi connectivity index (χ1n) is 14.4. The van der Waals surface area contributed by atoms with Crippen LogP contribution in [0.5, 0.6) is 0 Å². The molecule has 0 N–H and O–H groups in total. The summed E-state index contributed by atoms with van der Waals surface area (Å²) in [5.41, 5.74) is 3.50. The van der Waals surface area contributed by atoms with Crippen LogP contribution in [-0.2, 0) is 5.41 Å². The molecule has 0 bridgehead atoms. The van der Waals surface area contributed by atoms with Crippen molar-refractivity contribution in [2.45, 2.75) is 26.2 Å². The van der Waals surface area contributed by atoms with Gasteiger partial charge in [-0.3, -0.25) is 0 Å². The Morgan fingerprint density at radius 1 is 0.452 bits per heavy atom. The highest BCUT2D eigenvalue weighted by Gasteiger charge is 2.26. The van der Waals surface area contributed by atoms with Crippen molar-refractivity contribution in [1.29, 1.82) is 0 Å². The molecule has 0 aliphatic carbocycles. The van der Waals surface area contributed by atoms with E-state index in [2.05, 4.69) is 190 Å². The van der Waals surface area contributed by atoms with Crippen molar-refractivity contribution in [3.8, 4) is 0 Å². The summed E-state index contributed by atoms with van der Waals surface area (Å²) in [5.74, 6) is 0. The van der Waals surface area contributed by atoms with Crippen molar-refractivity contribution in [2.75, 3.05) is 10.2 Å². The van der Waals surface area contributed by atoms with E-state index in [0.29, 0.717) is 0 Å². The van der Waals surface area contributed by atoms with Gasteiger partial charge in [0.25, 0.3) is 0 Å². The van der Waals surface area contributed by atoms with Gasteiger partial charge in [0.2, 0.25) is 0 Å². The molecule has 0 fully saturated rings. The van der Waals surface area contributed by atoms with Crippen LogP contribution in [0, 0.1) is 0 Å². The minimum Gasteiger partial charge on any atom is -0.249 e. The van der Waals surface area contributed by atoms with Gasteiger partial charge in [0.15, 0.2) is 0 Å². The quantitative estimate of drug-likeness (QED) is 0.195. The van der Waals surface area contributed by atoms with Gasteiger partial charge in [-0.25, -0.2) is 18.7 Å². The fraction of sp³-hybridized carbons (Fsp3) is 0.111. The van der Waals surface area contributed by atoms with Crippen molar-refractivity contribution in [3.05, 3.63) is 146 Å². The third-order valence-electron chi connectivity index (χ3n) is 8.21. The summed E-state index contributed by atoms with van der Waals surface area (Å²) in [6.07, 6.45) is 16.7. The molecule has 6 nitrogen and oxygen atoms in total. The molecule has 0 aliphatic rings. The van der Waals surface area contributed by atoms with E-state index in [1.54, 1.807) is 0 Å². The standard InChI is InChI=1S/C36H32N6/c1-36(2,3)31-26-33(42(39-22-8-9-23-39)40-24-10-11-25-40)30-14-12-27-13-17-32(29-16-15-28(31)35(30)34(27)29)41(37-18-4-5-19-37)38-20-6-7-21-38/h4-26H,1-3H3. The molecule has 8 rings (SSSR count). The van der Waals surface area contributed by atoms with Gasteiger partial charge in [0.1, 0.15) is 0 Å². The molecule has 4 aromatic heterocycles. The van der Waals surface area contributed by atoms with E-state index in [4.69, 9.17) is 0 Å². The van der Waals surface area contributed by atoms with Crippen molar-refractivity contribution in [1.82, 2.24) is 18.7 Å². The summed E-state index contributed by atoms with van der Waals surface area (Å²) in [5, 5.41) is 12.0. The van der Waals surface area contributed by atoms with Gasteiger partial charge in [-0.1, -0.05) is 51.1 Å². The maximum absolute atomic E-state index is 2.38. The SMILES string of the molecule is CC(C)(C)c1cc(N(n2cccc2)n2cccc2)c2ccc3ccc(N(n4cccc4)n4cccc4)c4ccc1c2c34. The second-order valence-electron chi connectivity index (χ2n) is 11.9. The molecule has 42 heavy (non-hydrogen) atoms. The number of aromatic nitrogens is 4. The van der Waals surface area contributed by atoms with Crippen molar-refractivity contribution in [2.24, 2.45) is 0 Å². The normalized spacial score (nSPS) is 12.2. The Hall–Kier alpha value is -5.36. The summed E-state index contributed by atoms with van der Waals surface area (Å²) < 4.78 is 8.53. The van der Waals surface area contributed by atoms with Crippen LogP contribution >= 0.6 is 0 Å². The summed E-state index contributed by atoms with van der Waals surface area (Å²) in [6.45, 7) is 6.93. The van der Waals surface area contributed by atoms with Crippen LogP contribution < -0.4 is 10.2 Å². The van der Waals surface area contributed by atoms with E-state index < -0.39 is 0 Å². The zero-order valence-electron chi connectivity index (χ0n) is 24.0. The first-order valence-corrected chi connectivity index (χ1v) is 14.4. The number of anilines is 2. The van der Waals surface area contributed by atoms with Crippen molar-refractivity contribution in [3.63, 3.8) is 0 Å². The van der Waals surface area contributed by atoms with Gasteiger partial charge in [-0.15, -0.1) is 0 Å². The molecule has 0 saturated heterocycles. The molecule has 8 aromatic rings. The Morgan fingerprint density at radius 2 is 0.857 bits per heavy atom. The van der Waals surface area contributed by atoms with E-state index in [1.165, 1.54) is 37.9 Å². The molecule has 0 radical (unpaired) electrons. The molecule has 0 spiro atoms. The molecular weight excluding hydrogens is 516 g/mol. The zero-order valence-corrected chi connectivity index (χ0v) is 24.0. The maximum Gasteiger partial charge on any atom is 0.0905 e. The largest absolute Gasteiger partial charge is 0.249 e. The number of rotatable bonds is 6. The highest BCUT2D eigenvalue weighted by molar-refractivity contribution is 6.28. The Kier molecular flexibility index (Phi) is 5.28. The number of hydrogen-bond donors (Lipinski definition) is 0. The van der Waals surface area contributed by atoms with E-state index in [0.717, 1.165) is 11.4 Å². The highest BCUT2D eigenvalue weighted by Crippen LogP contribution is 2.46. The molecule has 0 aliphatic heterocycles. The van der Waals surface area contributed by atoms with Gasteiger partial charge >= 0.3 is 0 Å². The fourth-order valence-electron chi connectivity index (χ4n) is 6.37. The van der Waals surface area contributed by atoms with Gasteiger partial charge in [-0.05, 0) is 93.2 Å². The third kappa shape index (κ3) is 3.65. The molecule has 4 heterocycles. The van der Waals surface area contributed by atoms with E-state index in [1.807, 2.05) is 0 Å². The number of nitrogens with zero attached hydrogens (tertiary/aromatic N) is 6. The lowest BCUT2D eigenvalue weighted by atomic mass is 9.80. The maximum atomic E-state index is 2.38. The van der Waals surface area contributed by atoms with E-state index in [9.17, 15) is 0 Å². The summed E-state index contributed by atoms with van der Waals surface area (Å²) in [7, 11) is 0. The predicted molar refractivity (Wildman–Crippen MR) is 173 cm³/mol. The summed E-state index contributed by atoms with van der Waals surface area (Å²) in [6, 6.07) is 32.6. The Balaban J connectivity index is 1.49. The second kappa shape index (κ2) is 9.08. The number of benzene rings is 4. The van der Waals surface area contributed by atoms with Gasteiger partial charge in [0, 0.05) is 60.3 Å². The van der Waals surface area contributed by atoms with Gasteiger partial charge in [0.05, 0.1) is 11.4 Å². The fourth-order valence-corrected chi connectivity index (χ4v) is 6.37. The second-order valence-corrected chi connectivity index (χ2v) is 11.9. The van der Waals surface area contributed by atoms with Crippen LogP contribution in [0.25, 0.3) is 32.3 Å². The van der Waals surface area contributed by atoms with Crippen LogP contribution in [0.3, 0.4) is 0 Å². The Labute approximate surface area is 244 Å². The average Bonchev–Trinajstić information content (AvgIpc) is 3.81. The molecule has 0 amide bonds. The Bertz CT molecular complexity index is 2040. The molecule has 4 aromatic carbocycles. The van der Waals surface area contributed by atoms with E-state index >= 15 is 0 Å². The molecule has 0 atom stereocenters. The molecule has 0 unspecified atom stereocenters. The van der Waals surface area contributed by atoms with Crippen LogP contribution in [0.2, 0.25) is 0 Å². The minimum atomic E-state index is -0.0682. The minimum absolute atomic E-state index is 0.0682. The van der Waals surface area contributed by atoms with Crippen LogP contribution in [0.1, 0.15) is 26.3 Å². The van der Waals surface area contributed by atoms with Crippen molar-refractivity contribution >= 4 is 43.7 Å². The van der Waals surface area contributed by atoms with Crippen molar-refractivity contribution < 1.29 is 0 Å². The van der Waals surface area contributed by atoms with Crippen LogP contribution in [-0.4, -0.2) is 18.7 Å². The van der Waals surface area contributed by atoms with Crippen LogP contribution in [0.15, 0.2) is 141 Å². The topological polar surface area (TPSA) is 26.2 Å². The summed E-state index contributed by atoms with van der Waals surface area (Å²) in [4.78, 5) is 0. The molecule has 206 valence electrons. The molecule has 0 saturated carbocycles. The Morgan fingerprint density at radius 3 is 1.36 bits per heavy atom. The first kappa shape index (κ1) is 24.4. The first-order chi connectivity index (χ1) is 20.5. The third-order valence-corrected chi connectivity index (χ3v) is 8.21. The molecule has 6 heteroatoms. The smallest absolute Gasteiger partial charge is 0.0905 e. The average molecular weight is 549 g/mol. The van der Waals surface area contributed by atoms with Gasteiger partial charge < -0.3 is 0 Å². The van der Waals surface area contributed by atoms with Gasteiger partial charge in [-0.2, -0.15) is 10.2 Å².